The number of rotatable bonds is 3. The van der Waals surface area contributed by atoms with Crippen LogP contribution in [0.3, 0.4) is 0 Å². The molecule has 0 unspecified atom stereocenters. The number of hydrogen-bond donors (Lipinski definition) is 1. The third-order valence-electron chi connectivity index (χ3n) is 3.25. The van der Waals surface area contributed by atoms with E-state index in [9.17, 15) is 0 Å². The van der Waals surface area contributed by atoms with Crippen LogP contribution in [0.25, 0.3) is 21.8 Å². The number of hydrogen-bond acceptors (Lipinski definition) is 4. The minimum absolute atomic E-state index is 0.324. The lowest BCUT2D eigenvalue weighted by atomic mass is 10.0. The molecule has 0 radical (unpaired) electrons. The fourth-order valence-corrected chi connectivity index (χ4v) is 3.70. The van der Waals surface area contributed by atoms with E-state index in [1.807, 2.05) is 11.4 Å². The quantitative estimate of drug-likeness (QED) is 0.683. The highest BCUT2D eigenvalue weighted by Gasteiger charge is 2.22. The van der Waals surface area contributed by atoms with E-state index in [-0.39, 0.29) is 0 Å². The molecular weight excluding hydrogens is 327 g/mol. The number of aryl methyl sites for hydroxylation is 1. The van der Waals surface area contributed by atoms with Crippen LogP contribution in [-0.4, -0.2) is 5.16 Å². The zero-order chi connectivity index (χ0) is 15.0. The second-order valence-corrected chi connectivity index (χ2v) is 6.28. The summed E-state index contributed by atoms with van der Waals surface area (Å²) >= 11 is 13.8. The number of thiophene rings is 1. The van der Waals surface area contributed by atoms with Crippen molar-refractivity contribution in [1.82, 2.24) is 5.16 Å². The van der Waals surface area contributed by atoms with E-state index >= 15 is 0 Å². The zero-order valence-corrected chi connectivity index (χ0v) is 13.5. The van der Waals surface area contributed by atoms with Crippen molar-refractivity contribution in [2.75, 3.05) is 5.73 Å². The third kappa shape index (κ3) is 2.55. The first-order chi connectivity index (χ1) is 10.1. The van der Waals surface area contributed by atoms with Crippen LogP contribution in [0.1, 0.15) is 12.5 Å². The third-order valence-corrected chi connectivity index (χ3v) is 4.76. The van der Waals surface area contributed by atoms with Crippen molar-refractivity contribution in [2.45, 2.75) is 13.3 Å². The number of anilines is 1. The first kappa shape index (κ1) is 14.4. The molecule has 0 amide bonds. The highest BCUT2D eigenvalue weighted by atomic mass is 35.5. The van der Waals surface area contributed by atoms with Crippen molar-refractivity contribution in [1.29, 1.82) is 0 Å². The van der Waals surface area contributed by atoms with Gasteiger partial charge in [-0.1, -0.05) is 41.3 Å². The highest BCUT2D eigenvalue weighted by Crippen LogP contribution is 2.43. The molecule has 108 valence electrons. The van der Waals surface area contributed by atoms with Gasteiger partial charge in [0.25, 0.3) is 0 Å². The van der Waals surface area contributed by atoms with E-state index in [1.54, 1.807) is 23.5 Å². The van der Waals surface area contributed by atoms with Gasteiger partial charge in [0.05, 0.1) is 15.5 Å². The molecule has 0 aliphatic rings. The fraction of sp³-hybridized carbons (Fsp3) is 0.133. The number of benzene rings is 1. The molecule has 2 aromatic heterocycles. The van der Waals surface area contributed by atoms with E-state index in [0.717, 1.165) is 16.9 Å². The minimum atomic E-state index is 0.324. The van der Waals surface area contributed by atoms with Gasteiger partial charge in [0.15, 0.2) is 11.6 Å². The topological polar surface area (TPSA) is 52.0 Å². The summed E-state index contributed by atoms with van der Waals surface area (Å²) in [5, 5.41) is 7.03. The summed E-state index contributed by atoms with van der Waals surface area (Å²) in [5.41, 5.74) is 8.67. The molecule has 0 aliphatic heterocycles. The van der Waals surface area contributed by atoms with Gasteiger partial charge in [-0.3, -0.25) is 0 Å². The number of halogens is 2. The summed E-state index contributed by atoms with van der Waals surface area (Å²) in [5.74, 6) is 0.980. The fourth-order valence-electron chi connectivity index (χ4n) is 2.22. The summed E-state index contributed by atoms with van der Waals surface area (Å²) in [7, 11) is 0. The number of nitrogens with two attached hydrogens (primary N) is 1. The summed E-state index contributed by atoms with van der Waals surface area (Å²) in [6.45, 7) is 2.10. The van der Waals surface area contributed by atoms with Crippen molar-refractivity contribution in [3.8, 4) is 21.8 Å². The first-order valence-corrected chi connectivity index (χ1v) is 8.02. The lowest BCUT2D eigenvalue weighted by Crippen LogP contribution is -1.90. The predicted octanol–water partition coefficient (Wildman–Crippen LogP) is 5.52. The SMILES string of the molecule is CCc1ccsc1-c1onc(N)c1-c1ccc(Cl)cc1Cl. The van der Waals surface area contributed by atoms with Gasteiger partial charge in [-0.15, -0.1) is 11.3 Å². The molecule has 0 atom stereocenters. The van der Waals surface area contributed by atoms with Crippen LogP contribution in [-0.2, 0) is 6.42 Å². The lowest BCUT2D eigenvalue weighted by molar-refractivity contribution is 0.436. The number of aromatic nitrogens is 1. The van der Waals surface area contributed by atoms with Crippen molar-refractivity contribution in [3.63, 3.8) is 0 Å². The molecule has 3 aromatic rings. The molecule has 1 aromatic carbocycles. The molecule has 0 saturated carbocycles. The van der Waals surface area contributed by atoms with Gasteiger partial charge < -0.3 is 10.3 Å². The van der Waals surface area contributed by atoms with Crippen molar-refractivity contribution < 1.29 is 4.52 Å². The molecule has 0 bridgehead atoms. The molecule has 3 rings (SSSR count). The van der Waals surface area contributed by atoms with Gasteiger partial charge in [-0.2, -0.15) is 0 Å². The second kappa shape index (κ2) is 5.72. The van der Waals surface area contributed by atoms with Crippen LogP contribution in [0.4, 0.5) is 5.82 Å². The largest absolute Gasteiger partial charge is 0.380 e. The average molecular weight is 339 g/mol. The Morgan fingerprint density at radius 3 is 2.81 bits per heavy atom. The molecule has 3 nitrogen and oxygen atoms in total. The summed E-state index contributed by atoms with van der Waals surface area (Å²) in [6, 6.07) is 7.36. The van der Waals surface area contributed by atoms with E-state index in [4.69, 9.17) is 33.5 Å². The molecule has 2 heterocycles. The monoisotopic (exact) mass is 338 g/mol. The van der Waals surface area contributed by atoms with Gasteiger partial charge in [-0.05, 0) is 35.6 Å². The Morgan fingerprint density at radius 2 is 2.10 bits per heavy atom. The van der Waals surface area contributed by atoms with Gasteiger partial charge in [0.2, 0.25) is 0 Å². The maximum atomic E-state index is 6.29. The Balaban J connectivity index is 2.22. The minimum Gasteiger partial charge on any atom is -0.380 e. The summed E-state index contributed by atoms with van der Waals surface area (Å²) in [4.78, 5) is 1.03. The van der Waals surface area contributed by atoms with Crippen LogP contribution in [0.15, 0.2) is 34.2 Å². The van der Waals surface area contributed by atoms with E-state index in [0.29, 0.717) is 27.2 Å². The van der Waals surface area contributed by atoms with Crippen LogP contribution < -0.4 is 5.73 Å². The Morgan fingerprint density at radius 1 is 1.29 bits per heavy atom. The van der Waals surface area contributed by atoms with Crippen LogP contribution in [0, 0.1) is 0 Å². The zero-order valence-electron chi connectivity index (χ0n) is 11.2. The van der Waals surface area contributed by atoms with Crippen molar-refractivity contribution >= 4 is 40.4 Å². The van der Waals surface area contributed by atoms with Crippen LogP contribution in [0.5, 0.6) is 0 Å². The van der Waals surface area contributed by atoms with Gasteiger partial charge in [-0.25, -0.2) is 0 Å². The molecule has 6 heteroatoms. The second-order valence-electron chi connectivity index (χ2n) is 4.52. The standard InChI is InChI=1S/C15H12Cl2N2OS/c1-2-8-5-6-21-14(8)13-12(15(18)19-20-13)10-4-3-9(16)7-11(10)17/h3-7H,2H2,1H3,(H2,18,19). The smallest absolute Gasteiger partial charge is 0.187 e. The maximum Gasteiger partial charge on any atom is 0.187 e. The van der Waals surface area contributed by atoms with Gasteiger partial charge >= 0.3 is 0 Å². The normalized spacial score (nSPS) is 11.0. The average Bonchev–Trinajstić information content (AvgIpc) is 3.05. The Bertz CT molecular complexity index is 795. The van der Waals surface area contributed by atoms with Crippen LogP contribution in [0.2, 0.25) is 10.0 Å². The Hall–Kier alpha value is -1.49. The van der Waals surface area contributed by atoms with Crippen LogP contribution >= 0.6 is 34.5 Å². The molecule has 0 saturated heterocycles. The summed E-state index contributed by atoms with van der Waals surface area (Å²) < 4.78 is 5.47. The molecule has 0 fully saturated rings. The number of nitrogens with zero attached hydrogens (tertiary/aromatic N) is 1. The number of nitrogen functional groups attached to an aromatic ring is 1. The molecule has 0 spiro atoms. The van der Waals surface area contributed by atoms with Crippen molar-refractivity contribution in [3.05, 3.63) is 45.3 Å². The van der Waals surface area contributed by atoms with E-state index in [2.05, 4.69) is 18.1 Å². The lowest BCUT2D eigenvalue weighted by Gasteiger charge is -2.06. The van der Waals surface area contributed by atoms with E-state index in [1.165, 1.54) is 5.56 Å². The molecule has 2 N–H and O–H groups in total. The maximum absolute atomic E-state index is 6.29. The van der Waals surface area contributed by atoms with E-state index < -0.39 is 0 Å². The Labute approximate surface area is 136 Å². The van der Waals surface area contributed by atoms with Gasteiger partial charge in [0.1, 0.15) is 0 Å². The first-order valence-electron chi connectivity index (χ1n) is 6.39. The van der Waals surface area contributed by atoms with Crippen molar-refractivity contribution in [2.24, 2.45) is 0 Å². The molecule has 21 heavy (non-hydrogen) atoms. The molecule has 0 aliphatic carbocycles. The molecular formula is C15H12Cl2N2OS. The van der Waals surface area contributed by atoms with Gasteiger partial charge in [0, 0.05) is 10.6 Å². The Kier molecular flexibility index (Phi) is 3.93. The summed E-state index contributed by atoms with van der Waals surface area (Å²) in [6.07, 6.45) is 0.910. The highest BCUT2D eigenvalue weighted by molar-refractivity contribution is 7.13. The predicted molar refractivity (Wildman–Crippen MR) is 89.1 cm³/mol.